The molecule has 1 saturated heterocycles. The van der Waals surface area contributed by atoms with Crippen LogP contribution in [-0.4, -0.2) is 37.4 Å². The molecule has 6 heteroatoms. The van der Waals surface area contributed by atoms with E-state index in [9.17, 15) is 9.90 Å². The smallest absolute Gasteiger partial charge is 0.224 e. The lowest BCUT2D eigenvalue weighted by Crippen LogP contribution is -2.50. The maximum Gasteiger partial charge on any atom is 0.224 e. The number of anilines is 2. The van der Waals surface area contributed by atoms with Crippen LogP contribution in [0.5, 0.6) is 0 Å². The highest BCUT2D eigenvalue weighted by molar-refractivity contribution is 6.33. The second kappa shape index (κ2) is 7.11. The highest BCUT2D eigenvalue weighted by atomic mass is 35.5. The number of aliphatic hydroxyl groups is 1. The minimum atomic E-state index is -0.231. The Bertz CT molecular complexity index is 498. The number of ether oxygens (including phenoxy) is 1. The summed E-state index contributed by atoms with van der Waals surface area (Å²) in [6, 6.07) is 5.32. The van der Waals surface area contributed by atoms with Crippen LogP contribution in [0, 0.1) is 5.41 Å². The van der Waals surface area contributed by atoms with Crippen molar-refractivity contribution in [3.8, 4) is 0 Å². The lowest BCUT2D eigenvalue weighted by molar-refractivity contribution is -0.128. The minimum absolute atomic E-state index is 0.00926. The van der Waals surface area contributed by atoms with Gasteiger partial charge in [0.05, 0.1) is 35.9 Å². The molecule has 5 nitrogen and oxygen atoms in total. The van der Waals surface area contributed by atoms with Crippen molar-refractivity contribution in [1.82, 2.24) is 0 Å². The van der Waals surface area contributed by atoms with Crippen LogP contribution in [0.4, 0.5) is 11.4 Å². The van der Waals surface area contributed by atoms with Gasteiger partial charge in [-0.2, -0.15) is 0 Å². The Morgan fingerprint density at radius 2 is 2.24 bits per heavy atom. The number of carbonyl (C=O) groups excluding carboxylic acids is 1. The summed E-state index contributed by atoms with van der Waals surface area (Å²) in [7, 11) is 0. The van der Waals surface area contributed by atoms with Gasteiger partial charge in [-0.25, -0.2) is 0 Å². The first kappa shape index (κ1) is 16.1. The summed E-state index contributed by atoms with van der Waals surface area (Å²) >= 11 is 6.16. The van der Waals surface area contributed by atoms with Gasteiger partial charge in [-0.05, 0) is 24.6 Å². The van der Waals surface area contributed by atoms with Gasteiger partial charge in [0, 0.05) is 18.7 Å². The van der Waals surface area contributed by atoms with Crippen LogP contribution in [0.15, 0.2) is 18.2 Å². The van der Waals surface area contributed by atoms with Gasteiger partial charge in [-0.15, -0.1) is 0 Å². The summed E-state index contributed by atoms with van der Waals surface area (Å²) in [6.07, 6.45) is 1.31. The molecule has 0 aromatic heterocycles. The summed E-state index contributed by atoms with van der Waals surface area (Å²) in [6.45, 7) is 3.70. The van der Waals surface area contributed by atoms with Gasteiger partial charge in [-0.3, -0.25) is 4.79 Å². The Morgan fingerprint density at radius 1 is 1.48 bits per heavy atom. The lowest BCUT2D eigenvalue weighted by atomic mass is 9.87. The van der Waals surface area contributed by atoms with E-state index in [0.717, 1.165) is 12.1 Å². The Kier molecular flexibility index (Phi) is 5.45. The number of amides is 1. The van der Waals surface area contributed by atoms with Gasteiger partial charge in [0.25, 0.3) is 0 Å². The van der Waals surface area contributed by atoms with Crippen molar-refractivity contribution in [1.29, 1.82) is 0 Å². The van der Waals surface area contributed by atoms with Crippen LogP contribution >= 0.6 is 11.6 Å². The fraction of sp³-hybridized carbons (Fsp3) is 0.533. The molecule has 1 heterocycles. The highest BCUT2D eigenvalue weighted by Crippen LogP contribution is 2.30. The number of hydrogen-bond donors (Lipinski definition) is 3. The average molecular weight is 313 g/mol. The van der Waals surface area contributed by atoms with Crippen molar-refractivity contribution in [3.05, 3.63) is 23.2 Å². The zero-order valence-electron chi connectivity index (χ0n) is 12.1. The maximum absolute atomic E-state index is 11.6. The molecule has 0 unspecified atom stereocenters. The first-order valence-corrected chi connectivity index (χ1v) is 7.48. The fourth-order valence-electron chi connectivity index (χ4n) is 2.11. The van der Waals surface area contributed by atoms with Crippen molar-refractivity contribution in [3.63, 3.8) is 0 Å². The normalized spacial score (nSPS) is 16.1. The molecule has 1 aliphatic rings. The van der Waals surface area contributed by atoms with E-state index in [1.54, 1.807) is 18.2 Å². The van der Waals surface area contributed by atoms with Crippen LogP contribution in [-0.2, 0) is 9.53 Å². The van der Waals surface area contributed by atoms with Gasteiger partial charge in [0.2, 0.25) is 5.91 Å². The van der Waals surface area contributed by atoms with E-state index in [1.807, 2.05) is 6.92 Å². The zero-order valence-corrected chi connectivity index (χ0v) is 12.9. The first-order chi connectivity index (χ1) is 10.1. The summed E-state index contributed by atoms with van der Waals surface area (Å²) in [5, 5.41) is 16.1. The van der Waals surface area contributed by atoms with E-state index in [2.05, 4.69) is 10.6 Å². The van der Waals surface area contributed by atoms with Crippen LogP contribution in [0.2, 0.25) is 5.02 Å². The Balaban J connectivity index is 2.00. The van der Waals surface area contributed by atoms with Gasteiger partial charge in [-0.1, -0.05) is 18.5 Å². The van der Waals surface area contributed by atoms with E-state index in [0.29, 0.717) is 36.9 Å². The van der Waals surface area contributed by atoms with Crippen molar-refractivity contribution >= 4 is 28.9 Å². The molecule has 21 heavy (non-hydrogen) atoms. The summed E-state index contributed by atoms with van der Waals surface area (Å²) in [5.74, 6) is -0.00926. The van der Waals surface area contributed by atoms with E-state index in [4.69, 9.17) is 16.3 Å². The summed E-state index contributed by atoms with van der Waals surface area (Å²) < 4.78 is 5.16. The van der Waals surface area contributed by atoms with E-state index < -0.39 is 0 Å². The van der Waals surface area contributed by atoms with Crippen LogP contribution in [0.25, 0.3) is 0 Å². The predicted octanol–water partition coefficient (Wildman–Crippen LogP) is 2.50. The number of halogens is 1. The molecule has 0 radical (unpaired) electrons. The molecule has 0 bridgehead atoms. The van der Waals surface area contributed by atoms with E-state index >= 15 is 0 Å². The Hall–Kier alpha value is -1.30. The number of rotatable bonds is 7. The molecule has 1 aromatic carbocycles. The molecule has 3 N–H and O–H groups in total. The molecule has 0 spiro atoms. The van der Waals surface area contributed by atoms with Gasteiger partial charge in [0.15, 0.2) is 0 Å². The SMILES string of the molecule is CCCC(=O)Nc1ccc(Cl)c(NCC2(CO)COC2)c1. The van der Waals surface area contributed by atoms with Crippen molar-refractivity contribution < 1.29 is 14.6 Å². The molecule has 0 saturated carbocycles. The maximum atomic E-state index is 11.6. The standard InChI is InChI=1S/C15H21ClN2O3/c1-2-3-14(20)18-11-4-5-12(16)13(6-11)17-7-15(8-19)9-21-10-15/h4-6,17,19H,2-3,7-10H2,1H3,(H,18,20). The van der Waals surface area contributed by atoms with Gasteiger partial charge >= 0.3 is 0 Å². The average Bonchev–Trinajstić information content (AvgIpc) is 2.41. The molecular formula is C15H21ClN2O3. The largest absolute Gasteiger partial charge is 0.396 e. The molecule has 116 valence electrons. The number of hydrogen-bond acceptors (Lipinski definition) is 4. The van der Waals surface area contributed by atoms with Gasteiger partial charge in [0.1, 0.15) is 0 Å². The topological polar surface area (TPSA) is 70.6 Å². The second-order valence-electron chi connectivity index (χ2n) is 5.50. The van der Waals surface area contributed by atoms with Crippen LogP contribution in [0.1, 0.15) is 19.8 Å². The second-order valence-corrected chi connectivity index (χ2v) is 5.90. The molecule has 0 atom stereocenters. The molecule has 1 fully saturated rings. The highest BCUT2D eigenvalue weighted by Gasteiger charge is 2.37. The van der Waals surface area contributed by atoms with E-state index in [-0.39, 0.29) is 17.9 Å². The Labute approximate surface area is 129 Å². The van der Waals surface area contributed by atoms with Crippen molar-refractivity contribution in [2.45, 2.75) is 19.8 Å². The van der Waals surface area contributed by atoms with Crippen molar-refractivity contribution in [2.24, 2.45) is 5.41 Å². The van der Waals surface area contributed by atoms with Crippen molar-refractivity contribution in [2.75, 3.05) is 37.0 Å². The quantitative estimate of drug-likeness (QED) is 0.723. The number of benzene rings is 1. The third kappa shape index (κ3) is 4.09. The molecule has 1 aromatic rings. The molecule has 1 aliphatic heterocycles. The zero-order chi connectivity index (χ0) is 15.3. The van der Waals surface area contributed by atoms with Crippen LogP contribution in [0.3, 0.4) is 0 Å². The number of aliphatic hydroxyl groups excluding tert-OH is 1. The lowest BCUT2D eigenvalue weighted by Gasteiger charge is -2.40. The fourth-order valence-corrected chi connectivity index (χ4v) is 2.30. The monoisotopic (exact) mass is 312 g/mol. The first-order valence-electron chi connectivity index (χ1n) is 7.10. The number of carbonyl (C=O) groups is 1. The van der Waals surface area contributed by atoms with Crippen LogP contribution < -0.4 is 10.6 Å². The summed E-state index contributed by atoms with van der Waals surface area (Å²) in [5.41, 5.74) is 1.22. The Morgan fingerprint density at radius 3 is 2.81 bits per heavy atom. The minimum Gasteiger partial charge on any atom is -0.396 e. The third-order valence-corrected chi connectivity index (χ3v) is 3.86. The van der Waals surface area contributed by atoms with Gasteiger partial charge < -0.3 is 20.5 Å². The predicted molar refractivity (Wildman–Crippen MR) is 83.8 cm³/mol. The van der Waals surface area contributed by atoms with E-state index in [1.165, 1.54) is 0 Å². The molecule has 0 aliphatic carbocycles. The summed E-state index contributed by atoms with van der Waals surface area (Å²) in [4.78, 5) is 11.6. The third-order valence-electron chi connectivity index (χ3n) is 3.53. The molecular weight excluding hydrogens is 292 g/mol. The number of nitrogens with one attached hydrogen (secondary N) is 2. The molecule has 2 rings (SSSR count). The molecule has 1 amide bonds.